The van der Waals surface area contributed by atoms with E-state index in [1.165, 1.54) is 0 Å². The second kappa shape index (κ2) is 7.10. The molecule has 0 aromatic heterocycles. The van der Waals surface area contributed by atoms with E-state index < -0.39 is 5.79 Å². The van der Waals surface area contributed by atoms with E-state index in [0.29, 0.717) is 23.4 Å². The van der Waals surface area contributed by atoms with Crippen LogP contribution in [0, 0.1) is 0 Å². The molecule has 2 aromatic carbocycles. The van der Waals surface area contributed by atoms with Crippen LogP contribution in [-0.2, 0) is 4.79 Å². The summed E-state index contributed by atoms with van der Waals surface area (Å²) in [4.78, 5) is 26.5. The van der Waals surface area contributed by atoms with E-state index in [-0.39, 0.29) is 11.8 Å². The van der Waals surface area contributed by atoms with Crippen LogP contribution in [0.1, 0.15) is 55.3 Å². The van der Waals surface area contributed by atoms with Gasteiger partial charge in [-0.3, -0.25) is 9.59 Å². The first-order valence-electron chi connectivity index (χ1n) is 10.4. The molecule has 29 heavy (non-hydrogen) atoms. The highest BCUT2D eigenvalue weighted by atomic mass is 16.7. The number of amides is 2. The van der Waals surface area contributed by atoms with E-state index in [1.54, 1.807) is 17.0 Å². The van der Waals surface area contributed by atoms with E-state index in [4.69, 9.17) is 9.47 Å². The highest BCUT2D eigenvalue weighted by Crippen LogP contribution is 2.47. The maximum Gasteiger partial charge on any atom is 0.255 e. The minimum atomic E-state index is -0.507. The van der Waals surface area contributed by atoms with Gasteiger partial charge in [-0.2, -0.15) is 0 Å². The number of carbonyl (C=O) groups is 2. The summed E-state index contributed by atoms with van der Waals surface area (Å²) in [6, 6.07) is 12.7. The van der Waals surface area contributed by atoms with Gasteiger partial charge in [-0.05, 0) is 62.1 Å². The topological polar surface area (TPSA) is 67.9 Å². The summed E-state index contributed by atoms with van der Waals surface area (Å²) in [5, 5.41) is 2.92. The highest BCUT2D eigenvalue weighted by molar-refractivity contribution is 6.05. The molecule has 5 rings (SSSR count). The van der Waals surface area contributed by atoms with Crippen molar-refractivity contribution in [2.24, 2.45) is 0 Å². The number of nitrogens with one attached hydrogen (secondary N) is 1. The van der Waals surface area contributed by atoms with Crippen molar-refractivity contribution in [2.45, 2.75) is 50.7 Å². The molecule has 2 aromatic rings. The molecule has 2 amide bonds. The third-order valence-electron chi connectivity index (χ3n) is 5.92. The zero-order valence-corrected chi connectivity index (χ0v) is 16.3. The average Bonchev–Trinajstić information content (AvgIpc) is 3.34. The van der Waals surface area contributed by atoms with Crippen molar-refractivity contribution < 1.29 is 19.1 Å². The van der Waals surface area contributed by atoms with Gasteiger partial charge in [0.25, 0.3) is 11.7 Å². The first kappa shape index (κ1) is 18.0. The van der Waals surface area contributed by atoms with Crippen molar-refractivity contribution in [1.29, 1.82) is 0 Å². The van der Waals surface area contributed by atoms with Gasteiger partial charge in [-0.25, -0.2) is 0 Å². The monoisotopic (exact) mass is 392 g/mol. The summed E-state index contributed by atoms with van der Waals surface area (Å²) in [6.07, 6.45) is 6.57. The lowest BCUT2D eigenvalue weighted by Crippen LogP contribution is -2.35. The number of benzene rings is 2. The second-order valence-corrected chi connectivity index (χ2v) is 7.99. The quantitative estimate of drug-likeness (QED) is 0.835. The Balaban J connectivity index is 1.27. The van der Waals surface area contributed by atoms with E-state index in [9.17, 15) is 9.59 Å². The molecule has 2 heterocycles. The Morgan fingerprint density at radius 3 is 2.45 bits per heavy atom. The van der Waals surface area contributed by atoms with Gasteiger partial charge in [0.15, 0.2) is 11.5 Å². The molecule has 1 spiro atoms. The van der Waals surface area contributed by atoms with Crippen LogP contribution >= 0.6 is 0 Å². The van der Waals surface area contributed by atoms with E-state index in [1.807, 2.05) is 30.3 Å². The normalized spacial score (nSPS) is 19.6. The third-order valence-corrected chi connectivity index (χ3v) is 5.92. The minimum absolute atomic E-state index is 0.147. The fourth-order valence-corrected chi connectivity index (χ4v) is 4.36. The lowest BCUT2D eigenvalue weighted by Gasteiger charge is -2.26. The van der Waals surface area contributed by atoms with Crippen LogP contribution in [-0.4, -0.2) is 24.1 Å². The van der Waals surface area contributed by atoms with Crippen LogP contribution in [0.2, 0.25) is 0 Å². The van der Waals surface area contributed by atoms with Gasteiger partial charge in [-0.1, -0.05) is 0 Å². The number of anilines is 2. The van der Waals surface area contributed by atoms with Crippen molar-refractivity contribution >= 4 is 23.2 Å². The Kier molecular flexibility index (Phi) is 4.42. The zero-order chi connectivity index (χ0) is 19.8. The molecule has 6 heteroatoms. The van der Waals surface area contributed by atoms with E-state index in [0.717, 1.165) is 56.5 Å². The molecular formula is C23H24N2O4. The molecule has 150 valence electrons. The molecule has 6 nitrogen and oxygen atoms in total. The SMILES string of the molecule is O=C(Nc1ccc2c(c1)OC1(CCCC1)O2)c1ccc(N2CCCCC2=O)cc1. The van der Waals surface area contributed by atoms with Crippen molar-refractivity contribution in [1.82, 2.24) is 0 Å². The summed E-state index contributed by atoms with van der Waals surface area (Å²) in [6.45, 7) is 0.739. The maximum absolute atomic E-state index is 12.7. The molecule has 0 unspecified atom stereocenters. The average molecular weight is 392 g/mol. The lowest BCUT2D eigenvalue weighted by atomic mass is 10.1. The van der Waals surface area contributed by atoms with Crippen molar-refractivity contribution in [2.75, 3.05) is 16.8 Å². The predicted molar refractivity (Wildman–Crippen MR) is 109 cm³/mol. The largest absolute Gasteiger partial charge is 0.448 e. The summed E-state index contributed by atoms with van der Waals surface area (Å²) < 4.78 is 12.1. The molecule has 3 aliphatic rings. The number of carbonyl (C=O) groups excluding carboxylic acids is 2. The first-order valence-corrected chi connectivity index (χ1v) is 10.4. The number of rotatable bonds is 3. The van der Waals surface area contributed by atoms with E-state index in [2.05, 4.69) is 5.32 Å². The molecule has 0 radical (unpaired) electrons. The molecule has 0 atom stereocenters. The number of nitrogens with zero attached hydrogens (tertiary/aromatic N) is 1. The van der Waals surface area contributed by atoms with Gasteiger partial charge in [-0.15, -0.1) is 0 Å². The van der Waals surface area contributed by atoms with Crippen LogP contribution in [0.5, 0.6) is 11.5 Å². The van der Waals surface area contributed by atoms with Gasteiger partial charge in [0.2, 0.25) is 5.91 Å². The summed E-state index contributed by atoms with van der Waals surface area (Å²) >= 11 is 0. The Morgan fingerprint density at radius 1 is 0.931 bits per heavy atom. The van der Waals surface area contributed by atoms with Crippen molar-refractivity contribution in [3.05, 3.63) is 48.0 Å². The molecular weight excluding hydrogens is 368 g/mol. The fourth-order valence-electron chi connectivity index (χ4n) is 4.36. The predicted octanol–water partition coefficient (Wildman–Crippen LogP) is 4.50. The van der Waals surface area contributed by atoms with Crippen LogP contribution < -0.4 is 19.7 Å². The van der Waals surface area contributed by atoms with Gasteiger partial charge >= 0.3 is 0 Å². The Hall–Kier alpha value is -3.02. The third kappa shape index (κ3) is 3.43. The van der Waals surface area contributed by atoms with Crippen molar-refractivity contribution in [3.8, 4) is 11.5 Å². The molecule has 0 bridgehead atoms. The number of hydrogen-bond donors (Lipinski definition) is 1. The van der Waals surface area contributed by atoms with Crippen LogP contribution in [0.3, 0.4) is 0 Å². The minimum Gasteiger partial charge on any atom is -0.448 e. The second-order valence-electron chi connectivity index (χ2n) is 7.99. The van der Waals surface area contributed by atoms with Crippen LogP contribution in [0.4, 0.5) is 11.4 Å². The summed E-state index contributed by atoms with van der Waals surface area (Å²) in [7, 11) is 0. The van der Waals surface area contributed by atoms with E-state index >= 15 is 0 Å². The Bertz CT molecular complexity index is 948. The molecule has 1 aliphatic carbocycles. The number of hydrogen-bond acceptors (Lipinski definition) is 4. The molecule has 1 saturated heterocycles. The number of piperidine rings is 1. The van der Waals surface area contributed by atoms with Gasteiger partial charge in [0.05, 0.1) is 0 Å². The fraction of sp³-hybridized carbons (Fsp3) is 0.391. The highest BCUT2D eigenvalue weighted by Gasteiger charge is 2.44. The summed E-state index contributed by atoms with van der Waals surface area (Å²) in [5.74, 6) is 0.862. The Labute approximate surface area is 169 Å². The first-order chi connectivity index (χ1) is 14.1. The maximum atomic E-state index is 12.7. The van der Waals surface area contributed by atoms with Crippen molar-refractivity contribution in [3.63, 3.8) is 0 Å². The van der Waals surface area contributed by atoms with Crippen LogP contribution in [0.15, 0.2) is 42.5 Å². The van der Waals surface area contributed by atoms with Crippen LogP contribution in [0.25, 0.3) is 0 Å². The number of fused-ring (bicyclic) bond motifs is 1. The zero-order valence-electron chi connectivity index (χ0n) is 16.3. The molecule has 1 saturated carbocycles. The smallest absolute Gasteiger partial charge is 0.255 e. The molecule has 2 aliphatic heterocycles. The molecule has 2 fully saturated rings. The van der Waals surface area contributed by atoms with Gasteiger partial charge in [0.1, 0.15) is 0 Å². The summed E-state index contributed by atoms with van der Waals surface area (Å²) in [5.41, 5.74) is 2.06. The lowest BCUT2D eigenvalue weighted by molar-refractivity contribution is -0.119. The Morgan fingerprint density at radius 2 is 1.69 bits per heavy atom. The van der Waals surface area contributed by atoms with Gasteiger partial charge in [0, 0.05) is 48.8 Å². The number of ether oxygens (including phenoxy) is 2. The standard InChI is InChI=1S/C23H24N2O4/c26-21-5-1-4-14-25(21)18-9-6-16(7-10-18)22(27)24-17-8-11-19-20(15-17)29-23(28-19)12-2-3-13-23/h6-11,15H,1-5,12-14H2,(H,24,27). The van der Waals surface area contributed by atoms with Gasteiger partial charge < -0.3 is 19.7 Å². The molecule has 1 N–H and O–H groups in total.